The lowest BCUT2D eigenvalue weighted by molar-refractivity contribution is -0.119. The molecule has 0 radical (unpaired) electrons. The highest BCUT2D eigenvalue weighted by Crippen LogP contribution is 2.30. The molecule has 1 N–H and O–H groups in total. The van der Waals surface area contributed by atoms with Crippen LogP contribution in [0.2, 0.25) is 0 Å². The number of hydrogen-bond acceptors (Lipinski definition) is 3. The van der Waals surface area contributed by atoms with Crippen molar-refractivity contribution in [2.75, 3.05) is 11.4 Å². The lowest BCUT2D eigenvalue weighted by Crippen LogP contribution is -2.29. The maximum Gasteiger partial charge on any atom is 0.287 e. The third kappa shape index (κ3) is 3.50. The summed E-state index contributed by atoms with van der Waals surface area (Å²) < 4.78 is 5.07. The zero-order valence-corrected chi connectivity index (χ0v) is 14.0. The zero-order valence-electron chi connectivity index (χ0n) is 14.0. The van der Waals surface area contributed by atoms with E-state index in [1.165, 1.54) is 6.26 Å². The molecule has 1 aliphatic rings. The summed E-state index contributed by atoms with van der Waals surface area (Å²) in [6.45, 7) is 5.29. The molecule has 0 spiro atoms. The Morgan fingerprint density at radius 2 is 2.12 bits per heavy atom. The van der Waals surface area contributed by atoms with Crippen molar-refractivity contribution in [1.29, 1.82) is 0 Å². The summed E-state index contributed by atoms with van der Waals surface area (Å²) in [5.74, 6) is 0.621. The van der Waals surface area contributed by atoms with E-state index in [1.807, 2.05) is 17.0 Å². The van der Waals surface area contributed by atoms with E-state index in [-0.39, 0.29) is 11.8 Å². The number of amides is 2. The second-order valence-electron chi connectivity index (χ2n) is 6.52. The molecule has 0 fully saturated rings. The molecule has 0 aliphatic carbocycles. The summed E-state index contributed by atoms with van der Waals surface area (Å²) in [6, 6.07) is 9.33. The van der Waals surface area contributed by atoms with Crippen LogP contribution >= 0.6 is 0 Å². The van der Waals surface area contributed by atoms with Crippen molar-refractivity contribution in [2.45, 2.75) is 33.2 Å². The molecular formula is C19H22N2O3. The van der Waals surface area contributed by atoms with Crippen LogP contribution in [0.3, 0.4) is 0 Å². The van der Waals surface area contributed by atoms with Crippen molar-refractivity contribution in [3.8, 4) is 0 Å². The van der Waals surface area contributed by atoms with Crippen molar-refractivity contribution in [3.05, 3.63) is 53.5 Å². The number of fused-ring (bicyclic) bond motifs is 1. The maximum absolute atomic E-state index is 12.3. The Labute approximate surface area is 141 Å². The first kappa shape index (κ1) is 16.3. The molecule has 5 heteroatoms. The topological polar surface area (TPSA) is 62.6 Å². The number of benzene rings is 1. The van der Waals surface area contributed by atoms with E-state index in [4.69, 9.17) is 4.42 Å². The molecular weight excluding hydrogens is 304 g/mol. The normalized spacial score (nSPS) is 13.2. The molecule has 2 aromatic rings. The van der Waals surface area contributed by atoms with Gasteiger partial charge in [-0.05, 0) is 41.7 Å². The van der Waals surface area contributed by atoms with Gasteiger partial charge < -0.3 is 14.6 Å². The van der Waals surface area contributed by atoms with Gasteiger partial charge in [-0.25, -0.2) is 0 Å². The second-order valence-corrected chi connectivity index (χ2v) is 6.52. The molecule has 0 bridgehead atoms. The van der Waals surface area contributed by atoms with Crippen LogP contribution in [-0.4, -0.2) is 18.4 Å². The monoisotopic (exact) mass is 326 g/mol. The van der Waals surface area contributed by atoms with Crippen LogP contribution in [0.1, 0.15) is 41.9 Å². The van der Waals surface area contributed by atoms with Crippen molar-refractivity contribution in [2.24, 2.45) is 5.92 Å². The molecule has 2 amide bonds. The minimum Gasteiger partial charge on any atom is -0.459 e. The average Bonchev–Trinajstić information content (AvgIpc) is 3.20. The predicted octanol–water partition coefficient (Wildman–Crippen LogP) is 3.14. The molecule has 5 nitrogen and oxygen atoms in total. The van der Waals surface area contributed by atoms with Crippen molar-refractivity contribution >= 4 is 17.5 Å². The molecule has 2 heterocycles. The lowest BCUT2D eigenvalue weighted by Gasteiger charge is -2.18. The Hall–Kier alpha value is -2.56. The lowest BCUT2D eigenvalue weighted by atomic mass is 10.1. The molecule has 0 saturated carbocycles. The summed E-state index contributed by atoms with van der Waals surface area (Å²) in [7, 11) is 0. The Morgan fingerprint density at radius 3 is 2.83 bits per heavy atom. The molecule has 0 unspecified atom stereocenters. The molecule has 0 saturated heterocycles. The summed E-state index contributed by atoms with van der Waals surface area (Å²) in [5, 5.41) is 2.84. The van der Waals surface area contributed by atoms with Gasteiger partial charge >= 0.3 is 0 Å². The van der Waals surface area contributed by atoms with Gasteiger partial charge in [-0.15, -0.1) is 0 Å². The first-order chi connectivity index (χ1) is 11.5. The van der Waals surface area contributed by atoms with Gasteiger partial charge in [0.1, 0.15) is 0 Å². The minimum atomic E-state index is -0.228. The number of hydrogen-bond donors (Lipinski definition) is 1. The van der Waals surface area contributed by atoms with Crippen LogP contribution < -0.4 is 10.2 Å². The van der Waals surface area contributed by atoms with Gasteiger partial charge in [0, 0.05) is 25.2 Å². The number of carbonyl (C=O) groups is 2. The zero-order chi connectivity index (χ0) is 17.1. The summed E-state index contributed by atoms with van der Waals surface area (Å²) in [5.41, 5.74) is 3.19. The smallest absolute Gasteiger partial charge is 0.287 e. The highest BCUT2D eigenvalue weighted by molar-refractivity contribution is 5.95. The average molecular weight is 326 g/mol. The molecule has 1 aromatic carbocycles. The van der Waals surface area contributed by atoms with Gasteiger partial charge in [0.05, 0.1) is 6.26 Å². The Kier molecular flexibility index (Phi) is 4.69. The highest BCUT2D eigenvalue weighted by atomic mass is 16.3. The third-order valence-corrected chi connectivity index (χ3v) is 4.12. The first-order valence-corrected chi connectivity index (χ1v) is 8.28. The molecule has 126 valence electrons. The fraction of sp³-hybridized carbons (Fsp3) is 0.368. The van der Waals surface area contributed by atoms with E-state index in [0.29, 0.717) is 24.6 Å². The van der Waals surface area contributed by atoms with E-state index >= 15 is 0 Å². The van der Waals surface area contributed by atoms with E-state index in [2.05, 4.69) is 25.2 Å². The molecule has 0 atom stereocenters. The van der Waals surface area contributed by atoms with Crippen LogP contribution in [0.15, 0.2) is 41.0 Å². The number of nitrogens with one attached hydrogen (secondary N) is 1. The first-order valence-electron chi connectivity index (χ1n) is 8.28. The van der Waals surface area contributed by atoms with E-state index in [0.717, 1.165) is 29.8 Å². The number of rotatable bonds is 5. The molecule has 1 aliphatic heterocycles. The van der Waals surface area contributed by atoms with Crippen LogP contribution in [0, 0.1) is 5.92 Å². The quantitative estimate of drug-likeness (QED) is 0.918. The summed E-state index contributed by atoms with van der Waals surface area (Å²) in [6.07, 6.45) is 2.91. The fourth-order valence-corrected chi connectivity index (χ4v) is 2.96. The Balaban J connectivity index is 1.65. The van der Waals surface area contributed by atoms with E-state index in [9.17, 15) is 9.59 Å². The second kappa shape index (κ2) is 6.91. The Bertz CT molecular complexity index is 735. The standard InChI is InChI=1S/C19H22N2O3/c1-13(2)10-18(22)21-8-7-15-11-14(5-6-16(15)21)12-20-19(23)17-4-3-9-24-17/h3-6,9,11,13H,7-8,10,12H2,1-2H3,(H,20,23). The van der Waals surface area contributed by atoms with Crippen molar-refractivity contribution in [1.82, 2.24) is 5.32 Å². The number of carbonyl (C=O) groups excluding carboxylic acids is 2. The molecule has 1 aromatic heterocycles. The van der Waals surface area contributed by atoms with Gasteiger partial charge in [0.15, 0.2) is 5.76 Å². The predicted molar refractivity (Wildman–Crippen MR) is 91.8 cm³/mol. The van der Waals surface area contributed by atoms with Gasteiger partial charge in [-0.2, -0.15) is 0 Å². The molecule has 3 rings (SSSR count). The Morgan fingerprint density at radius 1 is 1.29 bits per heavy atom. The van der Waals surface area contributed by atoms with Crippen LogP contribution in [-0.2, 0) is 17.8 Å². The van der Waals surface area contributed by atoms with E-state index in [1.54, 1.807) is 12.1 Å². The van der Waals surface area contributed by atoms with Crippen molar-refractivity contribution < 1.29 is 14.0 Å². The SMILES string of the molecule is CC(C)CC(=O)N1CCc2cc(CNC(=O)c3ccco3)ccc21. The van der Waals surface area contributed by atoms with Crippen LogP contribution in [0.4, 0.5) is 5.69 Å². The van der Waals surface area contributed by atoms with E-state index < -0.39 is 0 Å². The third-order valence-electron chi connectivity index (χ3n) is 4.12. The maximum atomic E-state index is 12.3. The summed E-state index contributed by atoms with van der Waals surface area (Å²) >= 11 is 0. The van der Waals surface area contributed by atoms with Gasteiger partial charge in [0.25, 0.3) is 5.91 Å². The minimum absolute atomic E-state index is 0.183. The number of nitrogens with zero attached hydrogens (tertiary/aromatic N) is 1. The van der Waals surface area contributed by atoms with Gasteiger partial charge in [-0.1, -0.05) is 26.0 Å². The number of furan rings is 1. The van der Waals surface area contributed by atoms with Crippen molar-refractivity contribution in [3.63, 3.8) is 0 Å². The van der Waals surface area contributed by atoms with Crippen LogP contribution in [0.5, 0.6) is 0 Å². The van der Waals surface area contributed by atoms with Gasteiger partial charge in [0.2, 0.25) is 5.91 Å². The molecule has 24 heavy (non-hydrogen) atoms. The number of anilines is 1. The largest absolute Gasteiger partial charge is 0.459 e. The van der Waals surface area contributed by atoms with Crippen LogP contribution in [0.25, 0.3) is 0 Å². The van der Waals surface area contributed by atoms with Gasteiger partial charge in [-0.3, -0.25) is 9.59 Å². The summed E-state index contributed by atoms with van der Waals surface area (Å²) in [4.78, 5) is 26.1. The fourth-order valence-electron chi connectivity index (χ4n) is 2.96. The highest BCUT2D eigenvalue weighted by Gasteiger charge is 2.25.